The Balaban J connectivity index is 0.917. The third kappa shape index (κ3) is 6.15. The molecule has 1 heterocycles. The first-order valence-corrected chi connectivity index (χ1v) is 22.6. The van der Waals surface area contributed by atoms with Gasteiger partial charge in [-0.2, -0.15) is 0 Å². The standard InChI is InChI=1S/C51H69N3O3/c1-32(2)37-19-24-51(53-44(55)29-52-28-41-38-27-36(38)31-54(41)30-33-11-9-8-10-12-33)26-25-49(6)40(45(37)51)17-18-43-48(5)22-20-39(34-13-15-35(16-14-34)46(56)57)47(3,4)42(48)21-23-50(43,49)7/h8-16,20,36-38,40-43,45,52H,1,17-19,21-31H2,2-7H3,(H,53,55)(H,56,57)/t36-,37-,38?,40+,41+,42-,43+,45+,48-,49+,50+,51-/m0/s1. The molecule has 5 saturated carbocycles. The number of hydrogen-bond acceptors (Lipinski definition) is 4. The van der Waals surface area contributed by atoms with Gasteiger partial charge < -0.3 is 15.7 Å². The van der Waals surface area contributed by atoms with Crippen LogP contribution in [0.4, 0.5) is 0 Å². The maximum Gasteiger partial charge on any atom is 0.335 e. The van der Waals surface area contributed by atoms with Gasteiger partial charge in [0.25, 0.3) is 0 Å². The lowest BCUT2D eigenvalue weighted by Gasteiger charge is -2.72. The number of nitrogens with one attached hydrogen (secondary N) is 2. The van der Waals surface area contributed by atoms with Crippen LogP contribution in [0.1, 0.15) is 127 Å². The summed E-state index contributed by atoms with van der Waals surface area (Å²) in [6.45, 7) is 23.3. The van der Waals surface area contributed by atoms with E-state index in [0.717, 1.165) is 50.6 Å². The molecule has 306 valence electrons. The Bertz CT molecular complexity index is 1940. The molecule has 0 radical (unpaired) electrons. The van der Waals surface area contributed by atoms with Crippen LogP contribution in [0.5, 0.6) is 0 Å². The fourth-order valence-electron chi connectivity index (χ4n) is 15.9. The summed E-state index contributed by atoms with van der Waals surface area (Å²) < 4.78 is 0. The molecule has 57 heavy (non-hydrogen) atoms. The van der Waals surface area contributed by atoms with Gasteiger partial charge in [0.2, 0.25) is 5.91 Å². The first-order chi connectivity index (χ1) is 27.1. The van der Waals surface area contributed by atoms with Crippen LogP contribution in [0.15, 0.2) is 72.8 Å². The maximum absolute atomic E-state index is 14.1. The Hall–Kier alpha value is -3.22. The Morgan fingerprint density at radius 1 is 0.877 bits per heavy atom. The van der Waals surface area contributed by atoms with Gasteiger partial charge in [0, 0.05) is 31.2 Å². The van der Waals surface area contributed by atoms with Crippen molar-refractivity contribution in [3.8, 4) is 0 Å². The molecule has 2 aromatic carbocycles. The number of benzene rings is 2. The van der Waals surface area contributed by atoms with Crippen molar-refractivity contribution in [2.24, 2.45) is 63.1 Å². The Labute approximate surface area is 342 Å². The van der Waals surface area contributed by atoms with Gasteiger partial charge in [0.1, 0.15) is 0 Å². The van der Waals surface area contributed by atoms with Crippen molar-refractivity contribution in [3.63, 3.8) is 0 Å². The minimum absolute atomic E-state index is 0.00827. The van der Waals surface area contributed by atoms with Gasteiger partial charge in [-0.1, -0.05) is 95.3 Å². The summed E-state index contributed by atoms with van der Waals surface area (Å²) in [7, 11) is 0. The number of carboxylic acid groups (broad SMARTS) is 1. The molecule has 6 heteroatoms. The highest BCUT2D eigenvalue weighted by Crippen LogP contribution is 2.76. The topological polar surface area (TPSA) is 81.7 Å². The van der Waals surface area contributed by atoms with E-state index >= 15 is 0 Å². The van der Waals surface area contributed by atoms with Crippen molar-refractivity contribution < 1.29 is 14.7 Å². The smallest absolute Gasteiger partial charge is 0.335 e. The van der Waals surface area contributed by atoms with Crippen LogP contribution in [-0.2, 0) is 11.3 Å². The van der Waals surface area contributed by atoms with Crippen LogP contribution in [0.3, 0.4) is 0 Å². The Morgan fingerprint density at radius 2 is 1.63 bits per heavy atom. The number of rotatable bonds is 10. The summed E-state index contributed by atoms with van der Waals surface area (Å²) in [6, 6.07) is 19.0. The average Bonchev–Trinajstić information content (AvgIpc) is 3.70. The molecule has 6 nitrogen and oxygen atoms in total. The zero-order valence-corrected chi connectivity index (χ0v) is 35.7. The summed E-state index contributed by atoms with van der Waals surface area (Å²) in [5.74, 6) is 3.58. The number of carbonyl (C=O) groups excluding carboxylic acids is 1. The molecule has 3 N–H and O–H groups in total. The zero-order chi connectivity index (χ0) is 40.1. The predicted octanol–water partition coefficient (Wildman–Crippen LogP) is 10.0. The van der Waals surface area contributed by atoms with E-state index in [1.165, 1.54) is 67.3 Å². The average molecular weight is 772 g/mol. The number of carboxylic acids is 1. The lowest BCUT2D eigenvalue weighted by Crippen LogP contribution is -2.68. The minimum atomic E-state index is -0.870. The fourth-order valence-corrected chi connectivity index (χ4v) is 15.9. The number of piperidine rings is 1. The normalized spacial score (nSPS) is 41.4. The first-order valence-electron chi connectivity index (χ1n) is 22.6. The number of fused-ring (bicyclic) bond motifs is 8. The molecule has 0 aromatic heterocycles. The van der Waals surface area contributed by atoms with E-state index in [9.17, 15) is 14.7 Å². The first kappa shape index (κ1) is 39.3. The molecule has 9 rings (SSSR count). The third-order valence-electron chi connectivity index (χ3n) is 18.8. The van der Waals surface area contributed by atoms with Gasteiger partial charge in [-0.3, -0.25) is 9.69 Å². The minimum Gasteiger partial charge on any atom is -0.478 e. The highest BCUT2D eigenvalue weighted by Gasteiger charge is 2.70. The molecule has 7 aliphatic rings. The SMILES string of the molecule is C=C(C)[C@@H]1CC[C@]2(NC(=O)CNC[C@@H]3C4C[C@H]4CN3Cc3ccccc3)CC[C@]3(C)[C@H](CC[C@@H]4[C@@]5(C)CC=C(c6ccc(C(=O)O)cc6)C(C)(C)[C@@H]5CC[C@]43C)[C@@H]12. The van der Waals surface area contributed by atoms with Gasteiger partial charge in [-0.25, -0.2) is 4.79 Å². The van der Waals surface area contributed by atoms with Gasteiger partial charge in [-0.15, -0.1) is 0 Å². The molecule has 2 aromatic rings. The van der Waals surface area contributed by atoms with Crippen LogP contribution < -0.4 is 10.6 Å². The molecule has 1 aliphatic heterocycles. The van der Waals surface area contributed by atoms with Crippen molar-refractivity contribution in [2.45, 2.75) is 124 Å². The molecule has 1 saturated heterocycles. The number of likely N-dealkylation sites (tertiary alicyclic amines) is 1. The van der Waals surface area contributed by atoms with Crippen molar-refractivity contribution in [3.05, 3.63) is 89.5 Å². The second-order valence-electron chi connectivity index (χ2n) is 21.6. The van der Waals surface area contributed by atoms with E-state index in [2.05, 4.69) is 100 Å². The van der Waals surface area contributed by atoms with Gasteiger partial charge in [0.05, 0.1) is 12.1 Å². The molecule has 12 atom stereocenters. The number of allylic oxidation sites excluding steroid dienone is 3. The van der Waals surface area contributed by atoms with Crippen LogP contribution in [0.25, 0.3) is 5.57 Å². The zero-order valence-electron chi connectivity index (χ0n) is 35.7. The quantitative estimate of drug-likeness (QED) is 0.210. The van der Waals surface area contributed by atoms with Crippen molar-refractivity contribution in [2.75, 3.05) is 19.6 Å². The second kappa shape index (κ2) is 13.9. The van der Waals surface area contributed by atoms with Crippen LogP contribution in [0, 0.1) is 63.1 Å². The molecular formula is C51H69N3O3. The number of amides is 1. The summed E-state index contributed by atoms with van der Waals surface area (Å²) in [5.41, 5.74) is 6.06. The largest absolute Gasteiger partial charge is 0.478 e. The number of hydrogen-bond donors (Lipinski definition) is 3. The van der Waals surface area contributed by atoms with Gasteiger partial charge >= 0.3 is 5.97 Å². The summed E-state index contributed by atoms with van der Waals surface area (Å²) in [5, 5.41) is 17.0. The third-order valence-corrected chi connectivity index (χ3v) is 18.8. The van der Waals surface area contributed by atoms with E-state index in [-0.39, 0.29) is 33.1 Å². The summed E-state index contributed by atoms with van der Waals surface area (Å²) in [4.78, 5) is 28.4. The highest BCUT2D eigenvalue weighted by molar-refractivity contribution is 5.88. The van der Waals surface area contributed by atoms with E-state index < -0.39 is 5.97 Å². The number of aromatic carboxylic acids is 1. The van der Waals surface area contributed by atoms with Crippen LogP contribution in [0.2, 0.25) is 0 Å². The lowest BCUT2D eigenvalue weighted by atomic mass is 9.33. The lowest BCUT2D eigenvalue weighted by molar-refractivity contribution is -0.219. The van der Waals surface area contributed by atoms with E-state index in [1.807, 2.05) is 12.1 Å². The molecule has 6 fully saturated rings. The van der Waals surface area contributed by atoms with Crippen LogP contribution in [-0.4, -0.2) is 53.1 Å². The molecule has 1 amide bonds. The Morgan fingerprint density at radius 3 is 2.35 bits per heavy atom. The fraction of sp³-hybridized carbons (Fsp3) is 0.647. The number of carbonyl (C=O) groups is 2. The summed E-state index contributed by atoms with van der Waals surface area (Å²) >= 11 is 0. The molecule has 6 aliphatic carbocycles. The van der Waals surface area contributed by atoms with Crippen molar-refractivity contribution in [1.29, 1.82) is 0 Å². The van der Waals surface area contributed by atoms with Gasteiger partial charge in [0.15, 0.2) is 0 Å². The second-order valence-corrected chi connectivity index (χ2v) is 21.6. The predicted molar refractivity (Wildman–Crippen MR) is 229 cm³/mol. The molecule has 0 spiro atoms. The van der Waals surface area contributed by atoms with E-state index in [1.54, 1.807) is 12.1 Å². The van der Waals surface area contributed by atoms with Gasteiger partial charge in [-0.05, 0) is 163 Å². The molecule has 1 unspecified atom stereocenters. The van der Waals surface area contributed by atoms with E-state index in [0.29, 0.717) is 47.7 Å². The van der Waals surface area contributed by atoms with Crippen LogP contribution >= 0.6 is 0 Å². The maximum atomic E-state index is 14.1. The Kier molecular flexibility index (Phi) is 9.59. The monoisotopic (exact) mass is 772 g/mol. The van der Waals surface area contributed by atoms with E-state index in [4.69, 9.17) is 0 Å². The highest BCUT2D eigenvalue weighted by atomic mass is 16.4. The number of nitrogens with zero attached hydrogens (tertiary/aromatic N) is 1. The van der Waals surface area contributed by atoms with Crippen molar-refractivity contribution in [1.82, 2.24) is 15.5 Å². The molecular weight excluding hydrogens is 703 g/mol. The summed E-state index contributed by atoms with van der Waals surface area (Å²) in [6.07, 6.45) is 14.4. The molecule has 0 bridgehead atoms. The van der Waals surface area contributed by atoms with Crippen molar-refractivity contribution >= 4 is 17.4 Å².